The fourth-order valence-corrected chi connectivity index (χ4v) is 4.02. The highest BCUT2D eigenvalue weighted by atomic mass is 32.2. The Kier molecular flexibility index (Phi) is 7.77. The molecule has 1 heterocycles. The van der Waals surface area contributed by atoms with Gasteiger partial charge in [-0.1, -0.05) is 26.0 Å². The van der Waals surface area contributed by atoms with Crippen molar-refractivity contribution in [3.05, 3.63) is 54.0 Å². The molecule has 1 aromatic heterocycles. The highest BCUT2D eigenvalue weighted by Crippen LogP contribution is 2.16. The van der Waals surface area contributed by atoms with Crippen molar-refractivity contribution < 1.29 is 22.4 Å². The Morgan fingerprint density at radius 1 is 1.04 bits per heavy atom. The van der Waals surface area contributed by atoms with E-state index in [1.807, 2.05) is 0 Å². The maximum Gasteiger partial charge on any atom is 0.254 e. The van der Waals surface area contributed by atoms with E-state index in [1.54, 1.807) is 44.2 Å². The molecular formula is C19H25N3O5S. The Labute approximate surface area is 165 Å². The zero-order chi connectivity index (χ0) is 20.6. The number of carbonyl (C=O) groups excluding carboxylic acids is 2. The highest BCUT2D eigenvalue weighted by Gasteiger charge is 2.21. The summed E-state index contributed by atoms with van der Waals surface area (Å²) < 4.78 is 31.1. The van der Waals surface area contributed by atoms with Crippen LogP contribution in [0.15, 0.2) is 52.2 Å². The minimum Gasteiger partial charge on any atom is -0.472 e. The SMILES string of the molecule is CCN(CC)S(=O)(=O)c1ccc(CNC(=O)CCNC(=O)c2ccoc2)cc1. The van der Waals surface area contributed by atoms with Crippen LogP contribution >= 0.6 is 0 Å². The van der Waals surface area contributed by atoms with Crippen molar-refractivity contribution in [1.82, 2.24) is 14.9 Å². The molecule has 0 spiro atoms. The summed E-state index contributed by atoms with van der Waals surface area (Å²) in [6, 6.07) is 7.98. The van der Waals surface area contributed by atoms with Crippen LogP contribution in [0.3, 0.4) is 0 Å². The number of sulfonamides is 1. The summed E-state index contributed by atoms with van der Waals surface area (Å²) in [5, 5.41) is 5.37. The van der Waals surface area contributed by atoms with E-state index in [-0.39, 0.29) is 36.2 Å². The lowest BCUT2D eigenvalue weighted by Crippen LogP contribution is -2.31. The minimum absolute atomic E-state index is 0.137. The number of hydrogen-bond acceptors (Lipinski definition) is 5. The lowest BCUT2D eigenvalue weighted by Gasteiger charge is -2.18. The summed E-state index contributed by atoms with van der Waals surface area (Å²) in [4.78, 5) is 23.8. The number of furan rings is 1. The molecule has 0 aliphatic carbocycles. The monoisotopic (exact) mass is 407 g/mol. The third kappa shape index (κ3) is 5.67. The molecule has 9 heteroatoms. The Hall–Kier alpha value is -2.65. The van der Waals surface area contributed by atoms with Crippen molar-refractivity contribution in [2.75, 3.05) is 19.6 Å². The average Bonchev–Trinajstić information content (AvgIpc) is 3.22. The molecule has 0 fully saturated rings. The molecule has 0 saturated heterocycles. The Bertz CT molecular complexity index is 873. The second-order valence-electron chi connectivity index (χ2n) is 6.03. The van der Waals surface area contributed by atoms with Gasteiger partial charge in [-0.05, 0) is 23.8 Å². The van der Waals surface area contributed by atoms with Crippen molar-refractivity contribution >= 4 is 21.8 Å². The van der Waals surface area contributed by atoms with Crippen LogP contribution in [0.2, 0.25) is 0 Å². The average molecular weight is 407 g/mol. The summed E-state index contributed by atoms with van der Waals surface area (Å²) in [7, 11) is -3.49. The van der Waals surface area contributed by atoms with E-state index in [9.17, 15) is 18.0 Å². The van der Waals surface area contributed by atoms with Gasteiger partial charge in [0.15, 0.2) is 0 Å². The molecule has 28 heavy (non-hydrogen) atoms. The summed E-state index contributed by atoms with van der Waals surface area (Å²) in [6.45, 7) is 4.89. The number of nitrogens with one attached hydrogen (secondary N) is 2. The van der Waals surface area contributed by atoms with Crippen LogP contribution in [0.4, 0.5) is 0 Å². The Balaban J connectivity index is 1.79. The van der Waals surface area contributed by atoms with E-state index in [2.05, 4.69) is 10.6 Å². The van der Waals surface area contributed by atoms with E-state index >= 15 is 0 Å². The Morgan fingerprint density at radius 2 is 1.71 bits per heavy atom. The molecule has 1 aromatic carbocycles. The third-order valence-corrected chi connectivity index (χ3v) is 6.24. The first-order valence-corrected chi connectivity index (χ1v) is 10.5. The number of rotatable bonds is 10. The van der Waals surface area contributed by atoms with Crippen LogP contribution in [0, 0.1) is 0 Å². The Morgan fingerprint density at radius 3 is 2.29 bits per heavy atom. The first-order valence-electron chi connectivity index (χ1n) is 9.04. The first-order chi connectivity index (χ1) is 13.4. The third-order valence-electron chi connectivity index (χ3n) is 4.18. The largest absolute Gasteiger partial charge is 0.472 e. The molecule has 2 amide bonds. The van der Waals surface area contributed by atoms with Crippen LogP contribution in [0.5, 0.6) is 0 Å². The van der Waals surface area contributed by atoms with Crippen LogP contribution in [0.25, 0.3) is 0 Å². The summed E-state index contributed by atoms with van der Waals surface area (Å²) >= 11 is 0. The van der Waals surface area contributed by atoms with Gasteiger partial charge in [0.25, 0.3) is 5.91 Å². The molecule has 0 saturated carbocycles. The molecule has 0 atom stereocenters. The molecule has 8 nitrogen and oxygen atoms in total. The number of nitrogens with zero attached hydrogens (tertiary/aromatic N) is 1. The molecule has 0 aliphatic rings. The maximum absolute atomic E-state index is 12.4. The van der Waals surface area contributed by atoms with Gasteiger partial charge in [-0.15, -0.1) is 0 Å². The number of hydrogen-bond donors (Lipinski definition) is 2. The predicted octanol–water partition coefficient (Wildman–Crippen LogP) is 1.75. The second-order valence-corrected chi connectivity index (χ2v) is 7.97. The predicted molar refractivity (Wildman–Crippen MR) is 104 cm³/mol. The van der Waals surface area contributed by atoms with Gasteiger partial charge in [-0.2, -0.15) is 4.31 Å². The molecule has 0 bridgehead atoms. The van der Waals surface area contributed by atoms with Crippen molar-refractivity contribution in [3.8, 4) is 0 Å². The van der Waals surface area contributed by atoms with Crippen LogP contribution in [-0.2, 0) is 21.4 Å². The molecule has 0 radical (unpaired) electrons. The number of carbonyl (C=O) groups is 2. The lowest BCUT2D eigenvalue weighted by atomic mass is 10.2. The summed E-state index contributed by atoms with van der Waals surface area (Å²) in [5.74, 6) is -0.515. The van der Waals surface area contributed by atoms with E-state index in [0.717, 1.165) is 5.56 Å². The van der Waals surface area contributed by atoms with E-state index in [1.165, 1.54) is 16.8 Å². The summed E-state index contributed by atoms with van der Waals surface area (Å²) in [5.41, 5.74) is 1.19. The van der Waals surface area contributed by atoms with Gasteiger partial charge < -0.3 is 15.1 Å². The highest BCUT2D eigenvalue weighted by molar-refractivity contribution is 7.89. The lowest BCUT2D eigenvalue weighted by molar-refractivity contribution is -0.121. The molecule has 2 rings (SSSR count). The number of amides is 2. The van der Waals surface area contributed by atoms with E-state index in [0.29, 0.717) is 18.7 Å². The van der Waals surface area contributed by atoms with Crippen LogP contribution in [-0.4, -0.2) is 44.2 Å². The van der Waals surface area contributed by atoms with Crippen molar-refractivity contribution in [2.24, 2.45) is 0 Å². The zero-order valence-corrected chi connectivity index (χ0v) is 16.8. The van der Waals surface area contributed by atoms with Gasteiger partial charge in [-0.3, -0.25) is 9.59 Å². The van der Waals surface area contributed by atoms with Crippen molar-refractivity contribution in [1.29, 1.82) is 0 Å². The zero-order valence-electron chi connectivity index (χ0n) is 16.0. The van der Waals surface area contributed by atoms with Gasteiger partial charge in [0.2, 0.25) is 15.9 Å². The van der Waals surface area contributed by atoms with Gasteiger partial charge >= 0.3 is 0 Å². The van der Waals surface area contributed by atoms with Crippen LogP contribution < -0.4 is 10.6 Å². The fourth-order valence-electron chi connectivity index (χ4n) is 2.57. The maximum atomic E-state index is 12.4. The fraction of sp³-hybridized carbons (Fsp3) is 0.368. The van der Waals surface area contributed by atoms with E-state index < -0.39 is 10.0 Å². The van der Waals surface area contributed by atoms with E-state index in [4.69, 9.17) is 4.42 Å². The molecule has 0 aliphatic heterocycles. The topological polar surface area (TPSA) is 109 Å². The first kappa shape index (κ1) is 21.6. The standard InChI is InChI=1S/C19H25N3O5S/c1-3-22(4-2)28(25,26)17-7-5-15(6-8-17)13-21-18(23)9-11-20-19(24)16-10-12-27-14-16/h5-8,10,12,14H,3-4,9,11,13H2,1-2H3,(H,20,24)(H,21,23). The molecule has 2 aromatic rings. The minimum atomic E-state index is -3.49. The molecule has 0 unspecified atom stereocenters. The van der Waals surface area contributed by atoms with Gasteiger partial charge in [0, 0.05) is 32.6 Å². The van der Waals surface area contributed by atoms with Crippen molar-refractivity contribution in [2.45, 2.75) is 31.7 Å². The second kappa shape index (κ2) is 10.0. The van der Waals surface area contributed by atoms with Crippen LogP contribution in [0.1, 0.15) is 36.2 Å². The molecule has 2 N–H and O–H groups in total. The normalized spacial score (nSPS) is 11.4. The van der Waals surface area contributed by atoms with Gasteiger partial charge in [-0.25, -0.2) is 8.42 Å². The smallest absolute Gasteiger partial charge is 0.254 e. The van der Waals surface area contributed by atoms with Gasteiger partial charge in [0.05, 0.1) is 16.7 Å². The quantitative estimate of drug-likeness (QED) is 0.624. The number of benzene rings is 1. The summed E-state index contributed by atoms with van der Waals surface area (Å²) in [6.07, 6.45) is 2.87. The van der Waals surface area contributed by atoms with Gasteiger partial charge in [0.1, 0.15) is 6.26 Å². The molecular weight excluding hydrogens is 382 g/mol. The van der Waals surface area contributed by atoms with Crippen molar-refractivity contribution in [3.63, 3.8) is 0 Å². The molecule has 152 valence electrons.